The molecular formula is C10H14N4O2. The van der Waals surface area contributed by atoms with Crippen LogP contribution in [0.3, 0.4) is 0 Å². The van der Waals surface area contributed by atoms with Gasteiger partial charge in [-0.05, 0) is 25.7 Å². The number of aromatic nitrogens is 2. The quantitative estimate of drug-likeness (QED) is 0.606. The zero-order valence-electron chi connectivity index (χ0n) is 9.14. The molecule has 0 amide bonds. The van der Waals surface area contributed by atoms with E-state index in [4.69, 9.17) is 5.73 Å². The molecule has 2 saturated carbocycles. The summed E-state index contributed by atoms with van der Waals surface area (Å²) in [6, 6.07) is 0. The lowest BCUT2D eigenvalue weighted by Crippen LogP contribution is -2.39. The predicted octanol–water partition coefficient (Wildman–Crippen LogP) is 0.851. The molecule has 0 aromatic carbocycles. The Morgan fingerprint density at radius 3 is 2.56 bits per heavy atom. The van der Waals surface area contributed by atoms with E-state index in [1.165, 1.54) is 6.20 Å². The van der Waals surface area contributed by atoms with Crippen LogP contribution in [0, 0.1) is 10.1 Å². The van der Waals surface area contributed by atoms with E-state index in [1.54, 1.807) is 11.7 Å². The first-order valence-electron chi connectivity index (χ1n) is 5.46. The summed E-state index contributed by atoms with van der Waals surface area (Å²) in [5.41, 5.74) is 6.70. The Morgan fingerprint density at radius 2 is 2.12 bits per heavy atom. The summed E-state index contributed by atoms with van der Waals surface area (Å²) < 4.78 is 1.62. The third kappa shape index (κ3) is 1.02. The van der Waals surface area contributed by atoms with Gasteiger partial charge in [0.05, 0.1) is 4.92 Å². The average Bonchev–Trinajstić information content (AvgIpc) is 3.10. The Balaban J connectivity index is 2.13. The second-order valence-electron chi connectivity index (χ2n) is 5.00. The van der Waals surface area contributed by atoms with E-state index in [0.29, 0.717) is 0 Å². The molecule has 3 rings (SSSR count). The molecule has 0 bridgehead atoms. The minimum Gasteiger partial charge on any atom is -0.324 e. The third-order valence-corrected chi connectivity index (χ3v) is 4.06. The summed E-state index contributed by atoms with van der Waals surface area (Å²) in [5.74, 6) is 0. The Bertz CT molecular complexity index is 471. The average molecular weight is 222 g/mol. The van der Waals surface area contributed by atoms with E-state index < -0.39 is 0 Å². The third-order valence-electron chi connectivity index (χ3n) is 4.06. The molecule has 1 heterocycles. The molecule has 0 aliphatic heterocycles. The molecule has 1 aromatic rings. The van der Waals surface area contributed by atoms with Gasteiger partial charge >= 0.3 is 5.69 Å². The highest BCUT2D eigenvalue weighted by molar-refractivity contribution is 5.48. The minimum absolute atomic E-state index is 0.122. The van der Waals surface area contributed by atoms with Crippen molar-refractivity contribution in [3.05, 3.63) is 22.0 Å². The van der Waals surface area contributed by atoms with Crippen LogP contribution in [-0.2, 0) is 12.5 Å². The first-order chi connectivity index (χ1) is 7.50. The van der Waals surface area contributed by atoms with Crippen LogP contribution < -0.4 is 5.73 Å². The molecule has 0 saturated heterocycles. The Hall–Kier alpha value is -1.43. The Kier molecular flexibility index (Phi) is 1.60. The molecular weight excluding hydrogens is 208 g/mol. The first kappa shape index (κ1) is 9.77. The maximum absolute atomic E-state index is 11.0. The van der Waals surface area contributed by atoms with Gasteiger partial charge in [0.2, 0.25) is 0 Å². The van der Waals surface area contributed by atoms with Crippen LogP contribution in [0.1, 0.15) is 31.4 Å². The largest absolute Gasteiger partial charge is 0.324 e. The van der Waals surface area contributed by atoms with Crippen molar-refractivity contribution in [2.45, 2.75) is 36.6 Å². The summed E-state index contributed by atoms with van der Waals surface area (Å²) in [6.07, 6.45) is 5.17. The maximum Gasteiger partial charge on any atom is 0.310 e. The molecule has 86 valence electrons. The van der Waals surface area contributed by atoms with Crippen LogP contribution in [0.4, 0.5) is 5.69 Å². The fourth-order valence-electron chi connectivity index (χ4n) is 2.82. The van der Waals surface area contributed by atoms with Crippen molar-refractivity contribution in [3.8, 4) is 0 Å². The number of nitro groups is 1. The summed E-state index contributed by atoms with van der Waals surface area (Å²) in [6.45, 7) is 0. The van der Waals surface area contributed by atoms with Gasteiger partial charge in [-0.3, -0.25) is 14.8 Å². The van der Waals surface area contributed by atoms with Gasteiger partial charge in [0.25, 0.3) is 0 Å². The molecule has 0 atom stereocenters. The lowest BCUT2D eigenvalue weighted by atomic mass is 9.89. The molecule has 0 radical (unpaired) electrons. The Morgan fingerprint density at radius 1 is 1.50 bits per heavy atom. The van der Waals surface area contributed by atoms with Crippen LogP contribution >= 0.6 is 0 Å². The monoisotopic (exact) mass is 222 g/mol. The summed E-state index contributed by atoms with van der Waals surface area (Å²) in [7, 11) is 1.76. The topological polar surface area (TPSA) is 87.0 Å². The van der Waals surface area contributed by atoms with Crippen molar-refractivity contribution in [1.29, 1.82) is 0 Å². The van der Waals surface area contributed by atoms with E-state index in [2.05, 4.69) is 5.10 Å². The molecule has 0 unspecified atom stereocenters. The van der Waals surface area contributed by atoms with Gasteiger partial charge in [-0.15, -0.1) is 0 Å². The smallest absolute Gasteiger partial charge is 0.310 e. The van der Waals surface area contributed by atoms with Gasteiger partial charge in [0, 0.05) is 18.0 Å². The van der Waals surface area contributed by atoms with Crippen molar-refractivity contribution in [1.82, 2.24) is 9.78 Å². The van der Waals surface area contributed by atoms with Crippen LogP contribution in [0.15, 0.2) is 6.20 Å². The maximum atomic E-state index is 11.0. The van der Waals surface area contributed by atoms with Crippen molar-refractivity contribution in [3.63, 3.8) is 0 Å². The summed E-state index contributed by atoms with van der Waals surface area (Å²) in [4.78, 5) is 10.6. The van der Waals surface area contributed by atoms with Gasteiger partial charge < -0.3 is 5.73 Å². The molecule has 6 nitrogen and oxygen atoms in total. The second-order valence-corrected chi connectivity index (χ2v) is 5.00. The molecule has 16 heavy (non-hydrogen) atoms. The highest BCUT2D eigenvalue weighted by Crippen LogP contribution is 2.64. The van der Waals surface area contributed by atoms with E-state index in [9.17, 15) is 10.1 Å². The molecule has 2 aliphatic carbocycles. The van der Waals surface area contributed by atoms with Crippen LogP contribution in [0.5, 0.6) is 0 Å². The van der Waals surface area contributed by atoms with Crippen LogP contribution in [0.2, 0.25) is 0 Å². The van der Waals surface area contributed by atoms with Gasteiger partial charge in [0.15, 0.2) is 0 Å². The number of hydrogen-bond acceptors (Lipinski definition) is 4. The van der Waals surface area contributed by atoms with Crippen molar-refractivity contribution in [2.24, 2.45) is 12.8 Å². The van der Waals surface area contributed by atoms with E-state index in [1.807, 2.05) is 0 Å². The molecule has 2 fully saturated rings. The van der Waals surface area contributed by atoms with Crippen LogP contribution in [-0.4, -0.2) is 20.2 Å². The number of aryl methyl sites for hydroxylation is 1. The molecule has 6 heteroatoms. The predicted molar refractivity (Wildman–Crippen MR) is 56.9 cm³/mol. The zero-order chi connectivity index (χ0) is 11.6. The fourth-order valence-corrected chi connectivity index (χ4v) is 2.82. The second kappa shape index (κ2) is 2.63. The lowest BCUT2D eigenvalue weighted by molar-refractivity contribution is -0.386. The highest BCUT2D eigenvalue weighted by atomic mass is 16.6. The van der Waals surface area contributed by atoms with Gasteiger partial charge in [0.1, 0.15) is 11.9 Å². The molecule has 2 N–H and O–H groups in total. The summed E-state index contributed by atoms with van der Waals surface area (Å²) in [5, 5.41) is 15.0. The zero-order valence-corrected chi connectivity index (χ0v) is 9.14. The lowest BCUT2D eigenvalue weighted by Gasteiger charge is -2.22. The number of nitrogens with two attached hydrogens (primary N) is 1. The number of rotatable bonds is 3. The minimum atomic E-state index is -0.353. The van der Waals surface area contributed by atoms with Crippen molar-refractivity contribution in [2.75, 3.05) is 0 Å². The highest BCUT2D eigenvalue weighted by Gasteiger charge is 2.67. The normalized spacial score (nSPS) is 24.1. The van der Waals surface area contributed by atoms with E-state index >= 15 is 0 Å². The fraction of sp³-hybridized carbons (Fsp3) is 0.700. The van der Waals surface area contributed by atoms with Crippen LogP contribution in [0.25, 0.3) is 0 Å². The Labute approximate surface area is 92.6 Å². The first-order valence-corrected chi connectivity index (χ1v) is 5.46. The van der Waals surface area contributed by atoms with Gasteiger partial charge in [-0.2, -0.15) is 5.10 Å². The standard InChI is InChI=1S/C10H14N4O2/c1-13-8(7(6-12-13)14(15)16)9(2-3-9)10(11)4-5-10/h6H,2-5,11H2,1H3. The van der Waals surface area contributed by atoms with E-state index in [0.717, 1.165) is 31.4 Å². The van der Waals surface area contributed by atoms with Gasteiger partial charge in [-0.25, -0.2) is 0 Å². The molecule has 0 spiro atoms. The van der Waals surface area contributed by atoms with Gasteiger partial charge in [-0.1, -0.05) is 0 Å². The van der Waals surface area contributed by atoms with E-state index in [-0.39, 0.29) is 21.6 Å². The van der Waals surface area contributed by atoms with Crippen molar-refractivity contribution < 1.29 is 4.92 Å². The summed E-state index contributed by atoms with van der Waals surface area (Å²) >= 11 is 0. The SMILES string of the molecule is Cn1ncc([N+](=O)[O-])c1C1(C2(N)CC2)CC1. The number of nitrogens with zero attached hydrogens (tertiary/aromatic N) is 3. The van der Waals surface area contributed by atoms with Crippen molar-refractivity contribution >= 4 is 5.69 Å². The molecule has 1 aromatic heterocycles. The molecule has 2 aliphatic rings. The number of hydrogen-bond donors (Lipinski definition) is 1.